The van der Waals surface area contributed by atoms with Crippen LogP contribution in [0, 0.1) is 5.82 Å². The van der Waals surface area contributed by atoms with E-state index in [9.17, 15) is 12.8 Å². The summed E-state index contributed by atoms with van der Waals surface area (Å²) < 4.78 is 46.2. The molecule has 2 aromatic rings. The third kappa shape index (κ3) is 3.30. The van der Waals surface area contributed by atoms with Gasteiger partial charge >= 0.3 is 0 Å². The van der Waals surface area contributed by atoms with E-state index in [2.05, 4.69) is 16.9 Å². The Bertz CT molecular complexity index is 865. The normalized spacial score (nSPS) is 15.1. The van der Waals surface area contributed by atoms with Crippen molar-refractivity contribution in [2.75, 3.05) is 7.11 Å². The molecule has 1 N–H and O–H groups in total. The summed E-state index contributed by atoms with van der Waals surface area (Å²) in [6.07, 6.45) is 3.26. The van der Waals surface area contributed by atoms with E-state index in [4.69, 9.17) is 4.74 Å². The van der Waals surface area contributed by atoms with Crippen molar-refractivity contribution in [2.45, 2.75) is 37.1 Å². The number of rotatable bonds is 5. The van der Waals surface area contributed by atoms with Gasteiger partial charge in [-0.05, 0) is 61.1 Å². The van der Waals surface area contributed by atoms with E-state index in [0.717, 1.165) is 30.9 Å². The first-order chi connectivity index (χ1) is 11.4. The molecule has 0 radical (unpaired) electrons. The van der Waals surface area contributed by atoms with E-state index in [1.807, 2.05) is 6.07 Å². The number of ether oxygens (including phenoxy) is 1. The predicted molar refractivity (Wildman–Crippen MR) is 90.2 cm³/mol. The largest absolute Gasteiger partial charge is 0.494 e. The SMILES string of the molecule is COc1ccc(S(=O)(=O)N[C@@H](C)c2ccc3c(c2)CCC3)cc1F. The van der Waals surface area contributed by atoms with Gasteiger partial charge in [-0.2, -0.15) is 0 Å². The van der Waals surface area contributed by atoms with Crippen molar-refractivity contribution in [3.8, 4) is 5.75 Å². The van der Waals surface area contributed by atoms with Crippen molar-refractivity contribution in [1.82, 2.24) is 4.72 Å². The number of halogens is 1. The zero-order valence-corrected chi connectivity index (χ0v) is 14.5. The fourth-order valence-corrected chi connectivity index (χ4v) is 4.29. The highest BCUT2D eigenvalue weighted by Gasteiger charge is 2.21. The van der Waals surface area contributed by atoms with E-state index in [-0.39, 0.29) is 10.6 Å². The highest BCUT2D eigenvalue weighted by atomic mass is 32.2. The lowest BCUT2D eigenvalue weighted by Gasteiger charge is -2.16. The second-order valence-corrected chi connectivity index (χ2v) is 7.74. The number of sulfonamides is 1. The molecular weight excluding hydrogens is 329 g/mol. The number of methoxy groups -OCH3 is 1. The van der Waals surface area contributed by atoms with E-state index >= 15 is 0 Å². The van der Waals surface area contributed by atoms with Crippen LogP contribution in [0.4, 0.5) is 4.39 Å². The summed E-state index contributed by atoms with van der Waals surface area (Å²) >= 11 is 0. The maximum atomic E-state index is 13.8. The summed E-state index contributed by atoms with van der Waals surface area (Å²) in [5.41, 5.74) is 3.54. The minimum Gasteiger partial charge on any atom is -0.494 e. The molecule has 3 rings (SSSR count). The summed E-state index contributed by atoms with van der Waals surface area (Å²) in [6, 6.07) is 9.29. The number of nitrogens with one attached hydrogen (secondary N) is 1. The Labute approximate surface area is 141 Å². The summed E-state index contributed by atoms with van der Waals surface area (Å²) in [6.45, 7) is 1.79. The maximum Gasteiger partial charge on any atom is 0.241 e. The van der Waals surface area contributed by atoms with Crippen LogP contribution < -0.4 is 9.46 Å². The van der Waals surface area contributed by atoms with E-state index in [0.29, 0.717) is 0 Å². The van der Waals surface area contributed by atoms with Crippen LogP contribution in [0.15, 0.2) is 41.3 Å². The van der Waals surface area contributed by atoms with Crippen molar-refractivity contribution in [2.24, 2.45) is 0 Å². The molecule has 24 heavy (non-hydrogen) atoms. The molecule has 0 saturated heterocycles. The van der Waals surface area contributed by atoms with Gasteiger partial charge in [0, 0.05) is 6.04 Å². The number of aryl methyl sites for hydroxylation is 2. The van der Waals surface area contributed by atoms with Gasteiger partial charge in [-0.3, -0.25) is 0 Å². The zero-order chi connectivity index (χ0) is 17.3. The first-order valence-corrected chi connectivity index (χ1v) is 9.36. The maximum absolute atomic E-state index is 13.8. The van der Waals surface area contributed by atoms with Crippen molar-refractivity contribution in [1.29, 1.82) is 0 Å². The van der Waals surface area contributed by atoms with Crippen LogP contribution in [-0.4, -0.2) is 15.5 Å². The van der Waals surface area contributed by atoms with Crippen LogP contribution in [0.25, 0.3) is 0 Å². The van der Waals surface area contributed by atoms with Crippen LogP contribution in [0.3, 0.4) is 0 Å². The van der Waals surface area contributed by atoms with Crippen LogP contribution >= 0.6 is 0 Å². The first kappa shape index (κ1) is 16.9. The van der Waals surface area contributed by atoms with Crippen molar-refractivity contribution >= 4 is 10.0 Å². The van der Waals surface area contributed by atoms with Crippen molar-refractivity contribution in [3.63, 3.8) is 0 Å². The third-order valence-corrected chi connectivity index (χ3v) is 5.93. The summed E-state index contributed by atoms with van der Waals surface area (Å²) in [4.78, 5) is -0.117. The van der Waals surface area contributed by atoms with Gasteiger partial charge in [0.05, 0.1) is 12.0 Å². The predicted octanol–water partition coefficient (Wildman–Crippen LogP) is 3.36. The minimum absolute atomic E-state index is 0.0145. The molecule has 1 aliphatic carbocycles. The first-order valence-electron chi connectivity index (χ1n) is 7.88. The molecule has 6 heteroatoms. The molecule has 2 aromatic carbocycles. The van der Waals surface area contributed by atoms with Gasteiger partial charge in [0.2, 0.25) is 10.0 Å². The van der Waals surface area contributed by atoms with Crippen molar-refractivity contribution in [3.05, 3.63) is 58.9 Å². The third-order valence-electron chi connectivity index (χ3n) is 4.39. The van der Waals surface area contributed by atoms with Gasteiger partial charge in [0.1, 0.15) is 0 Å². The number of fused-ring (bicyclic) bond motifs is 1. The average Bonchev–Trinajstić information content (AvgIpc) is 3.01. The second-order valence-electron chi connectivity index (χ2n) is 6.02. The Morgan fingerprint density at radius 2 is 1.88 bits per heavy atom. The topological polar surface area (TPSA) is 55.4 Å². The molecule has 0 aliphatic heterocycles. The second kappa shape index (κ2) is 6.53. The molecule has 0 saturated carbocycles. The zero-order valence-electron chi connectivity index (χ0n) is 13.7. The molecule has 0 unspecified atom stereocenters. The Kier molecular flexibility index (Phi) is 4.60. The van der Waals surface area contributed by atoms with Crippen LogP contribution in [0.2, 0.25) is 0 Å². The molecule has 1 aliphatic rings. The van der Waals surface area contributed by atoms with Gasteiger partial charge in [0.25, 0.3) is 0 Å². The van der Waals surface area contributed by atoms with Crippen LogP contribution in [-0.2, 0) is 22.9 Å². The van der Waals surface area contributed by atoms with E-state index in [1.54, 1.807) is 6.92 Å². The molecule has 0 spiro atoms. The molecule has 4 nitrogen and oxygen atoms in total. The molecule has 0 aromatic heterocycles. The quantitative estimate of drug-likeness (QED) is 0.900. The Hall–Kier alpha value is -1.92. The molecular formula is C18H20FNO3S. The Balaban J connectivity index is 1.82. The van der Waals surface area contributed by atoms with Gasteiger partial charge in [-0.25, -0.2) is 17.5 Å². The summed E-state index contributed by atoms with van der Waals surface area (Å²) in [5.74, 6) is -0.689. The molecule has 0 heterocycles. The fraction of sp³-hybridized carbons (Fsp3) is 0.333. The molecule has 0 fully saturated rings. The van der Waals surface area contributed by atoms with Gasteiger partial charge < -0.3 is 4.74 Å². The standard InChI is InChI=1S/C18H20FNO3S/c1-12(14-7-6-13-4-3-5-15(13)10-14)20-24(21,22)16-8-9-18(23-2)17(19)11-16/h6-12,20H,3-5H2,1-2H3/t12-/m0/s1. The fourth-order valence-electron chi connectivity index (χ4n) is 3.04. The highest BCUT2D eigenvalue weighted by Crippen LogP contribution is 2.27. The summed E-state index contributed by atoms with van der Waals surface area (Å²) in [7, 11) is -2.48. The van der Waals surface area contributed by atoms with Crippen LogP contribution in [0.1, 0.15) is 36.1 Å². The van der Waals surface area contributed by atoms with Gasteiger partial charge in [0.15, 0.2) is 11.6 Å². The monoisotopic (exact) mass is 349 g/mol. The lowest BCUT2D eigenvalue weighted by Crippen LogP contribution is -2.27. The minimum atomic E-state index is -3.81. The molecule has 0 amide bonds. The molecule has 0 bridgehead atoms. The Morgan fingerprint density at radius 1 is 1.12 bits per heavy atom. The van der Waals surface area contributed by atoms with E-state index < -0.39 is 21.9 Å². The highest BCUT2D eigenvalue weighted by molar-refractivity contribution is 7.89. The lowest BCUT2D eigenvalue weighted by molar-refractivity contribution is 0.385. The average molecular weight is 349 g/mol. The van der Waals surface area contributed by atoms with Crippen LogP contribution in [0.5, 0.6) is 5.75 Å². The lowest BCUT2D eigenvalue weighted by atomic mass is 10.0. The summed E-state index contributed by atoms with van der Waals surface area (Å²) in [5, 5.41) is 0. The molecule has 1 atom stereocenters. The van der Waals surface area contributed by atoms with Gasteiger partial charge in [-0.1, -0.05) is 18.2 Å². The Morgan fingerprint density at radius 3 is 2.58 bits per heavy atom. The number of benzene rings is 2. The van der Waals surface area contributed by atoms with Gasteiger partial charge in [-0.15, -0.1) is 0 Å². The van der Waals surface area contributed by atoms with E-state index in [1.165, 1.54) is 30.4 Å². The van der Waals surface area contributed by atoms with Crippen molar-refractivity contribution < 1.29 is 17.5 Å². The smallest absolute Gasteiger partial charge is 0.241 e. The molecule has 128 valence electrons. The number of hydrogen-bond acceptors (Lipinski definition) is 3. The number of hydrogen-bond donors (Lipinski definition) is 1.